The highest BCUT2D eigenvalue weighted by Crippen LogP contribution is 2.33. The van der Waals surface area contributed by atoms with E-state index < -0.39 is 0 Å². The molecule has 116 valence electrons. The molecule has 3 heteroatoms. The van der Waals surface area contributed by atoms with Crippen molar-refractivity contribution in [3.63, 3.8) is 0 Å². The summed E-state index contributed by atoms with van der Waals surface area (Å²) in [5.41, 5.74) is 1.26. The molecule has 1 aromatic rings. The van der Waals surface area contributed by atoms with Gasteiger partial charge in [0.15, 0.2) is 0 Å². The van der Waals surface area contributed by atoms with Crippen LogP contribution in [-0.4, -0.2) is 53.0 Å². The van der Waals surface area contributed by atoms with Crippen molar-refractivity contribution in [3.8, 4) is 0 Å². The molecule has 0 radical (unpaired) electrons. The molecule has 3 heterocycles. The van der Waals surface area contributed by atoms with E-state index in [1.54, 1.807) is 0 Å². The summed E-state index contributed by atoms with van der Waals surface area (Å²) in [5.74, 6) is 1.43. The van der Waals surface area contributed by atoms with E-state index >= 15 is 0 Å². The van der Waals surface area contributed by atoms with E-state index in [-0.39, 0.29) is 0 Å². The van der Waals surface area contributed by atoms with E-state index in [2.05, 4.69) is 47.7 Å². The second-order valence-electron chi connectivity index (χ2n) is 7.23. The summed E-state index contributed by atoms with van der Waals surface area (Å²) in [5, 5.41) is 0. The molecule has 0 aliphatic carbocycles. The predicted molar refractivity (Wildman–Crippen MR) is 87.4 cm³/mol. The molecule has 3 rings (SSSR count). The zero-order chi connectivity index (χ0) is 14.8. The Bertz CT molecular complexity index is 445. The Balaban J connectivity index is 1.55. The first kappa shape index (κ1) is 15.0. The van der Waals surface area contributed by atoms with Crippen molar-refractivity contribution in [3.05, 3.63) is 30.1 Å². The number of pyridine rings is 1. The summed E-state index contributed by atoms with van der Waals surface area (Å²) in [7, 11) is 0. The predicted octanol–water partition coefficient (Wildman–Crippen LogP) is 2.99. The summed E-state index contributed by atoms with van der Waals surface area (Å²) in [6.07, 6.45) is 4.58. The molecular weight excluding hydrogens is 258 g/mol. The van der Waals surface area contributed by atoms with Gasteiger partial charge in [0.2, 0.25) is 0 Å². The van der Waals surface area contributed by atoms with Crippen LogP contribution in [-0.2, 0) is 0 Å². The Hall–Kier alpha value is -0.930. The van der Waals surface area contributed by atoms with Gasteiger partial charge >= 0.3 is 0 Å². The van der Waals surface area contributed by atoms with Gasteiger partial charge in [-0.05, 0) is 50.7 Å². The van der Waals surface area contributed by atoms with Crippen LogP contribution >= 0.6 is 0 Å². The van der Waals surface area contributed by atoms with Crippen molar-refractivity contribution in [2.24, 2.45) is 5.92 Å². The molecular formula is C18H29N3. The first-order chi connectivity index (χ1) is 10.1. The molecule has 2 saturated heterocycles. The van der Waals surface area contributed by atoms with E-state index in [1.807, 2.05) is 12.3 Å². The number of fused-ring (bicyclic) bond motifs is 1. The first-order valence-electron chi connectivity index (χ1n) is 8.52. The largest absolute Gasteiger partial charge is 0.298 e. The molecule has 1 aromatic heterocycles. The maximum absolute atomic E-state index is 4.52. The minimum absolute atomic E-state index is 0.582. The molecule has 0 N–H and O–H groups in total. The smallest absolute Gasteiger partial charge is 0.0431 e. The SMILES string of the molecule is CC(CC1CC2CN(C(C)C)CCN2C1)c1ccccn1. The zero-order valence-corrected chi connectivity index (χ0v) is 13.7. The van der Waals surface area contributed by atoms with Crippen LogP contribution in [0.15, 0.2) is 24.4 Å². The van der Waals surface area contributed by atoms with Crippen LogP contribution in [0.3, 0.4) is 0 Å². The fourth-order valence-electron chi connectivity index (χ4n) is 4.10. The average Bonchev–Trinajstić information content (AvgIpc) is 2.89. The van der Waals surface area contributed by atoms with Gasteiger partial charge in [0.1, 0.15) is 0 Å². The van der Waals surface area contributed by atoms with E-state index in [4.69, 9.17) is 0 Å². The van der Waals surface area contributed by atoms with Gasteiger partial charge in [0.05, 0.1) is 0 Å². The first-order valence-corrected chi connectivity index (χ1v) is 8.52. The fraction of sp³-hybridized carbons (Fsp3) is 0.722. The van der Waals surface area contributed by atoms with Crippen LogP contribution in [0.2, 0.25) is 0 Å². The monoisotopic (exact) mass is 287 g/mol. The van der Waals surface area contributed by atoms with E-state index in [0.29, 0.717) is 12.0 Å². The number of aromatic nitrogens is 1. The van der Waals surface area contributed by atoms with Gasteiger partial charge in [-0.3, -0.25) is 14.8 Å². The summed E-state index contributed by atoms with van der Waals surface area (Å²) < 4.78 is 0. The van der Waals surface area contributed by atoms with E-state index in [9.17, 15) is 0 Å². The van der Waals surface area contributed by atoms with Crippen molar-refractivity contribution >= 4 is 0 Å². The Kier molecular flexibility index (Phi) is 4.60. The lowest BCUT2D eigenvalue weighted by atomic mass is 9.91. The van der Waals surface area contributed by atoms with Gasteiger partial charge < -0.3 is 0 Å². The van der Waals surface area contributed by atoms with Gasteiger partial charge in [-0.25, -0.2) is 0 Å². The lowest BCUT2D eigenvalue weighted by Gasteiger charge is -2.39. The van der Waals surface area contributed by atoms with Crippen LogP contribution in [0.5, 0.6) is 0 Å². The van der Waals surface area contributed by atoms with Gasteiger partial charge in [0, 0.05) is 50.2 Å². The lowest BCUT2D eigenvalue weighted by Crippen LogP contribution is -2.52. The number of piperazine rings is 1. The van der Waals surface area contributed by atoms with E-state index in [0.717, 1.165) is 12.0 Å². The second-order valence-corrected chi connectivity index (χ2v) is 7.23. The summed E-state index contributed by atoms with van der Waals surface area (Å²) in [6, 6.07) is 7.78. The number of rotatable bonds is 4. The van der Waals surface area contributed by atoms with Crippen molar-refractivity contribution in [1.82, 2.24) is 14.8 Å². The lowest BCUT2D eigenvalue weighted by molar-refractivity contribution is 0.0824. The number of hydrogen-bond donors (Lipinski definition) is 0. The van der Waals surface area contributed by atoms with Gasteiger partial charge in [0.25, 0.3) is 0 Å². The molecule has 0 bridgehead atoms. The number of hydrogen-bond acceptors (Lipinski definition) is 3. The summed E-state index contributed by atoms with van der Waals surface area (Å²) >= 11 is 0. The van der Waals surface area contributed by atoms with Gasteiger partial charge in [-0.15, -0.1) is 0 Å². The van der Waals surface area contributed by atoms with Gasteiger partial charge in [-0.1, -0.05) is 13.0 Å². The van der Waals surface area contributed by atoms with Crippen molar-refractivity contribution in [2.45, 2.75) is 51.6 Å². The maximum Gasteiger partial charge on any atom is 0.0431 e. The molecule has 0 aromatic carbocycles. The minimum atomic E-state index is 0.582. The highest BCUT2D eigenvalue weighted by atomic mass is 15.3. The Morgan fingerprint density at radius 1 is 1.19 bits per heavy atom. The second kappa shape index (κ2) is 6.45. The van der Waals surface area contributed by atoms with Gasteiger partial charge in [-0.2, -0.15) is 0 Å². The van der Waals surface area contributed by atoms with Crippen LogP contribution in [0.25, 0.3) is 0 Å². The van der Waals surface area contributed by atoms with Crippen molar-refractivity contribution < 1.29 is 0 Å². The third kappa shape index (κ3) is 3.46. The molecule has 2 fully saturated rings. The average molecular weight is 287 g/mol. The summed E-state index contributed by atoms with van der Waals surface area (Å²) in [4.78, 5) is 9.90. The van der Waals surface area contributed by atoms with Crippen molar-refractivity contribution in [1.29, 1.82) is 0 Å². The highest BCUT2D eigenvalue weighted by Gasteiger charge is 2.36. The standard InChI is InChI=1S/C18H29N3/c1-14(2)20-8-9-21-12-16(11-17(21)13-20)10-15(3)18-6-4-5-7-19-18/h4-7,14-17H,8-13H2,1-3H3. The van der Waals surface area contributed by atoms with Crippen LogP contribution in [0.4, 0.5) is 0 Å². The Labute approximate surface area is 129 Å². The molecule has 21 heavy (non-hydrogen) atoms. The quantitative estimate of drug-likeness (QED) is 0.848. The zero-order valence-electron chi connectivity index (χ0n) is 13.7. The topological polar surface area (TPSA) is 19.4 Å². The minimum Gasteiger partial charge on any atom is -0.298 e. The molecule has 2 aliphatic rings. The Morgan fingerprint density at radius 2 is 2.05 bits per heavy atom. The van der Waals surface area contributed by atoms with E-state index in [1.165, 1.54) is 44.7 Å². The van der Waals surface area contributed by atoms with Crippen molar-refractivity contribution in [2.75, 3.05) is 26.2 Å². The van der Waals surface area contributed by atoms with Crippen LogP contribution in [0.1, 0.15) is 45.2 Å². The Morgan fingerprint density at radius 3 is 2.76 bits per heavy atom. The molecule has 3 nitrogen and oxygen atoms in total. The molecule has 0 saturated carbocycles. The third-order valence-corrected chi connectivity index (χ3v) is 5.34. The molecule has 3 atom stereocenters. The highest BCUT2D eigenvalue weighted by molar-refractivity contribution is 5.09. The number of nitrogens with zero attached hydrogens (tertiary/aromatic N) is 3. The maximum atomic E-state index is 4.52. The normalized spacial score (nSPS) is 28.8. The summed E-state index contributed by atoms with van der Waals surface area (Å²) in [6.45, 7) is 12.1. The van der Waals surface area contributed by atoms with Crippen LogP contribution in [0, 0.1) is 5.92 Å². The molecule has 2 aliphatic heterocycles. The molecule has 0 amide bonds. The van der Waals surface area contributed by atoms with Crippen LogP contribution < -0.4 is 0 Å². The molecule has 0 spiro atoms. The fourth-order valence-corrected chi connectivity index (χ4v) is 4.10. The third-order valence-electron chi connectivity index (χ3n) is 5.34. The molecule has 3 unspecified atom stereocenters.